The van der Waals surface area contributed by atoms with Crippen molar-refractivity contribution in [3.63, 3.8) is 0 Å². The molecule has 0 unspecified atom stereocenters. The lowest BCUT2D eigenvalue weighted by Gasteiger charge is -2.08. The quantitative estimate of drug-likeness (QED) is 0.687. The summed E-state index contributed by atoms with van der Waals surface area (Å²) in [6.07, 6.45) is 0. The van der Waals surface area contributed by atoms with Crippen molar-refractivity contribution in [3.05, 3.63) is 70.7 Å². The topological polar surface area (TPSA) is 68.3 Å². The van der Waals surface area contributed by atoms with Crippen molar-refractivity contribution < 1.29 is 14.3 Å². The highest BCUT2D eigenvalue weighted by Gasteiger charge is 2.15. The fourth-order valence-corrected chi connectivity index (χ4v) is 3.10. The maximum Gasteiger partial charge on any atom is 0.358 e. The Kier molecular flexibility index (Phi) is 5.43. The lowest BCUT2D eigenvalue weighted by molar-refractivity contribution is -0.119. The van der Waals surface area contributed by atoms with Gasteiger partial charge in [0.25, 0.3) is 5.91 Å². The lowest BCUT2D eigenvalue weighted by atomic mass is 10.2. The molecule has 0 saturated carbocycles. The van der Waals surface area contributed by atoms with Gasteiger partial charge >= 0.3 is 5.97 Å². The van der Waals surface area contributed by atoms with Gasteiger partial charge in [-0.2, -0.15) is 0 Å². The van der Waals surface area contributed by atoms with Crippen LogP contribution in [-0.4, -0.2) is 23.5 Å². The van der Waals surface area contributed by atoms with Crippen molar-refractivity contribution in [2.75, 3.05) is 11.9 Å². The fourth-order valence-electron chi connectivity index (χ4n) is 2.30. The minimum atomic E-state index is -0.612. The number of carbonyl (C=O) groups is 2. The van der Waals surface area contributed by atoms with E-state index in [1.807, 2.05) is 56.3 Å². The molecule has 0 bridgehead atoms. The number of nitrogens with zero attached hydrogens (tertiary/aromatic N) is 1. The Balaban J connectivity index is 1.58. The fraction of sp³-hybridized carbons (Fsp3) is 0.150. The molecule has 0 atom stereocenters. The van der Waals surface area contributed by atoms with Crippen LogP contribution in [0.1, 0.15) is 21.6 Å². The normalized spacial score (nSPS) is 10.4. The van der Waals surface area contributed by atoms with E-state index in [-0.39, 0.29) is 18.2 Å². The molecule has 0 aliphatic heterocycles. The van der Waals surface area contributed by atoms with Crippen molar-refractivity contribution >= 4 is 28.9 Å². The van der Waals surface area contributed by atoms with Crippen molar-refractivity contribution in [2.45, 2.75) is 13.8 Å². The van der Waals surface area contributed by atoms with Crippen LogP contribution in [0.15, 0.2) is 53.9 Å². The number of carbonyl (C=O) groups excluding carboxylic acids is 2. The number of anilines is 1. The molecule has 0 fully saturated rings. The molecular formula is C20H18N2O3S. The van der Waals surface area contributed by atoms with Crippen molar-refractivity contribution in [2.24, 2.45) is 0 Å². The average molecular weight is 366 g/mol. The molecule has 0 radical (unpaired) electrons. The zero-order chi connectivity index (χ0) is 18.5. The smallest absolute Gasteiger partial charge is 0.358 e. The van der Waals surface area contributed by atoms with Crippen molar-refractivity contribution in [1.29, 1.82) is 0 Å². The van der Waals surface area contributed by atoms with E-state index in [0.717, 1.165) is 21.7 Å². The van der Waals surface area contributed by atoms with Gasteiger partial charge < -0.3 is 10.1 Å². The minimum Gasteiger partial charge on any atom is -0.451 e. The van der Waals surface area contributed by atoms with Crippen LogP contribution in [0.4, 0.5) is 5.69 Å². The summed E-state index contributed by atoms with van der Waals surface area (Å²) in [6.45, 7) is 3.55. The Labute approximate surface area is 155 Å². The second-order valence-corrected chi connectivity index (χ2v) is 6.70. The second kappa shape index (κ2) is 7.93. The molecule has 1 aromatic heterocycles. The number of esters is 1. The van der Waals surface area contributed by atoms with Crippen LogP contribution in [0, 0.1) is 13.8 Å². The van der Waals surface area contributed by atoms with E-state index in [2.05, 4.69) is 10.3 Å². The van der Waals surface area contributed by atoms with Crippen LogP contribution in [0.3, 0.4) is 0 Å². The Morgan fingerprint density at radius 3 is 2.54 bits per heavy atom. The number of hydrogen-bond donors (Lipinski definition) is 1. The van der Waals surface area contributed by atoms with Gasteiger partial charge in [0.05, 0.1) is 0 Å². The van der Waals surface area contributed by atoms with Gasteiger partial charge in [0.2, 0.25) is 0 Å². The van der Waals surface area contributed by atoms with Crippen LogP contribution in [-0.2, 0) is 9.53 Å². The Bertz CT molecular complexity index is 932. The number of benzene rings is 2. The minimum absolute atomic E-state index is 0.203. The molecule has 5 nitrogen and oxygen atoms in total. The number of aromatic nitrogens is 1. The molecular weight excluding hydrogens is 348 g/mol. The van der Waals surface area contributed by atoms with Gasteiger partial charge in [-0.25, -0.2) is 9.78 Å². The van der Waals surface area contributed by atoms with E-state index in [9.17, 15) is 9.59 Å². The third-order valence-corrected chi connectivity index (χ3v) is 4.66. The van der Waals surface area contributed by atoms with E-state index in [4.69, 9.17) is 4.74 Å². The van der Waals surface area contributed by atoms with Gasteiger partial charge in [-0.05, 0) is 25.5 Å². The zero-order valence-corrected chi connectivity index (χ0v) is 15.3. The van der Waals surface area contributed by atoms with Crippen molar-refractivity contribution in [1.82, 2.24) is 4.98 Å². The number of para-hydroxylation sites is 1. The first-order valence-corrected chi connectivity index (χ1v) is 8.96. The molecule has 0 saturated heterocycles. The highest BCUT2D eigenvalue weighted by Crippen LogP contribution is 2.24. The summed E-state index contributed by atoms with van der Waals surface area (Å²) >= 11 is 1.36. The molecule has 6 heteroatoms. The number of ether oxygens (including phenoxy) is 1. The van der Waals surface area contributed by atoms with Crippen LogP contribution in [0.2, 0.25) is 0 Å². The molecule has 0 spiro atoms. The van der Waals surface area contributed by atoms with Crippen LogP contribution in [0.25, 0.3) is 10.6 Å². The molecule has 132 valence electrons. The SMILES string of the molecule is Cc1ccc(-c2nc(C(=O)OCC(=O)Nc3ccccc3C)cs2)cc1. The van der Waals surface area contributed by atoms with Gasteiger partial charge in [0.15, 0.2) is 12.3 Å². The van der Waals surface area contributed by atoms with Crippen LogP contribution >= 0.6 is 11.3 Å². The molecule has 3 rings (SSSR count). The van der Waals surface area contributed by atoms with E-state index >= 15 is 0 Å². The van der Waals surface area contributed by atoms with E-state index in [0.29, 0.717) is 5.69 Å². The highest BCUT2D eigenvalue weighted by molar-refractivity contribution is 7.13. The number of hydrogen-bond acceptors (Lipinski definition) is 5. The summed E-state index contributed by atoms with van der Waals surface area (Å²) in [7, 11) is 0. The summed E-state index contributed by atoms with van der Waals surface area (Å²) in [5.41, 5.74) is 3.94. The second-order valence-electron chi connectivity index (χ2n) is 5.84. The van der Waals surface area contributed by atoms with E-state index in [1.54, 1.807) is 11.4 Å². The number of amides is 1. The molecule has 1 heterocycles. The van der Waals surface area contributed by atoms with Crippen LogP contribution < -0.4 is 5.32 Å². The van der Waals surface area contributed by atoms with Crippen LogP contribution in [0.5, 0.6) is 0 Å². The first kappa shape index (κ1) is 17.8. The molecule has 0 aliphatic rings. The Hall–Kier alpha value is -2.99. The lowest BCUT2D eigenvalue weighted by Crippen LogP contribution is -2.21. The number of nitrogens with one attached hydrogen (secondary N) is 1. The predicted octanol–water partition coefficient (Wildman–Crippen LogP) is 4.22. The molecule has 3 aromatic rings. The van der Waals surface area contributed by atoms with Gasteiger partial charge in [-0.15, -0.1) is 11.3 Å². The monoisotopic (exact) mass is 366 g/mol. The molecule has 1 amide bonds. The Morgan fingerprint density at radius 2 is 1.81 bits per heavy atom. The molecule has 0 aliphatic carbocycles. The standard InChI is InChI=1S/C20H18N2O3S/c1-13-7-9-15(10-8-13)19-22-17(12-26-19)20(24)25-11-18(23)21-16-6-4-3-5-14(16)2/h3-10,12H,11H2,1-2H3,(H,21,23). The summed E-state index contributed by atoms with van der Waals surface area (Å²) in [6, 6.07) is 15.3. The maximum atomic E-state index is 12.1. The highest BCUT2D eigenvalue weighted by atomic mass is 32.1. The Morgan fingerprint density at radius 1 is 1.08 bits per heavy atom. The first-order chi connectivity index (χ1) is 12.5. The molecule has 26 heavy (non-hydrogen) atoms. The maximum absolute atomic E-state index is 12.1. The van der Waals surface area contributed by atoms with Crippen molar-refractivity contribution in [3.8, 4) is 10.6 Å². The summed E-state index contributed by atoms with van der Waals surface area (Å²) in [5.74, 6) is -0.999. The molecule has 2 aromatic carbocycles. The first-order valence-electron chi connectivity index (χ1n) is 8.08. The third-order valence-electron chi connectivity index (χ3n) is 3.77. The summed E-state index contributed by atoms with van der Waals surface area (Å²) in [5, 5.41) is 5.09. The van der Waals surface area contributed by atoms with E-state index in [1.165, 1.54) is 11.3 Å². The van der Waals surface area contributed by atoms with Gasteiger partial charge in [-0.1, -0.05) is 48.0 Å². The predicted molar refractivity (Wildman–Crippen MR) is 102 cm³/mol. The van der Waals surface area contributed by atoms with Gasteiger partial charge in [0.1, 0.15) is 5.01 Å². The molecule has 1 N–H and O–H groups in total. The van der Waals surface area contributed by atoms with E-state index < -0.39 is 5.97 Å². The summed E-state index contributed by atoms with van der Waals surface area (Å²) < 4.78 is 5.06. The third kappa shape index (κ3) is 4.34. The zero-order valence-electron chi connectivity index (χ0n) is 14.5. The average Bonchev–Trinajstić information content (AvgIpc) is 3.12. The van der Waals surface area contributed by atoms with Gasteiger partial charge in [0, 0.05) is 16.6 Å². The largest absolute Gasteiger partial charge is 0.451 e. The number of thiazole rings is 1. The number of rotatable bonds is 5. The number of aryl methyl sites for hydroxylation is 2. The summed E-state index contributed by atoms with van der Waals surface area (Å²) in [4.78, 5) is 28.4. The van der Waals surface area contributed by atoms with Gasteiger partial charge in [-0.3, -0.25) is 4.79 Å².